The molecule has 0 radical (unpaired) electrons. The molecule has 0 N–H and O–H groups in total. The highest BCUT2D eigenvalue weighted by Gasteiger charge is 2.30. The number of benzene rings is 2. The molecule has 0 saturated carbocycles. The van der Waals surface area contributed by atoms with Crippen LogP contribution in [0.5, 0.6) is 11.7 Å². The van der Waals surface area contributed by atoms with Gasteiger partial charge in [-0.05, 0) is 50.5 Å². The number of nitrogens with zero attached hydrogens (tertiary/aromatic N) is 3. The lowest BCUT2D eigenvalue weighted by atomic mass is 9.89. The van der Waals surface area contributed by atoms with Crippen molar-refractivity contribution in [3.8, 4) is 22.8 Å². The van der Waals surface area contributed by atoms with E-state index in [1.54, 1.807) is 12.1 Å². The molecule has 2 aromatic heterocycles. The van der Waals surface area contributed by atoms with Gasteiger partial charge >= 0.3 is 0 Å². The molecule has 4 aromatic rings. The van der Waals surface area contributed by atoms with Crippen LogP contribution >= 0.6 is 0 Å². The largest absolute Gasteiger partial charge is 0.426 e. The Bertz CT molecular complexity index is 1300. The number of aryl methyl sites for hydroxylation is 2. The molecule has 0 bridgehead atoms. The summed E-state index contributed by atoms with van der Waals surface area (Å²) in [6.07, 6.45) is 3.79. The molecule has 5 rings (SSSR count). The molecule has 1 unspecified atom stereocenters. The summed E-state index contributed by atoms with van der Waals surface area (Å²) in [5.74, 6) is 1.99. The predicted octanol–water partition coefficient (Wildman–Crippen LogP) is 6.17. The van der Waals surface area contributed by atoms with E-state index in [0.29, 0.717) is 24.8 Å². The average molecular weight is 454 g/mol. The van der Waals surface area contributed by atoms with Crippen LogP contribution in [0.4, 0.5) is 0 Å². The fourth-order valence-electron chi connectivity index (χ4n) is 4.47. The molecule has 1 saturated heterocycles. The first-order valence-corrected chi connectivity index (χ1v) is 11.6. The lowest BCUT2D eigenvalue weighted by molar-refractivity contribution is 0.0669. The van der Waals surface area contributed by atoms with Crippen LogP contribution in [0.2, 0.25) is 0 Å². The number of carbonyl (C=O) groups excluding carboxylic acids is 1. The Kier molecular flexibility index (Phi) is 6.12. The number of carbonyl (C=O) groups is 1. The van der Waals surface area contributed by atoms with Crippen molar-refractivity contribution < 1.29 is 13.9 Å². The molecule has 1 aliphatic heterocycles. The van der Waals surface area contributed by atoms with Gasteiger partial charge in [0.15, 0.2) is 5.76 Å². The highest BCUT2D eigenvalue weighted by Crippen LogP contribution is 2.34. The third-order valence-electron chi connectivity index (χ3n) is 6.12. The van der Waals surface area contributed by atoms with Gasteiger partial charge in [0, 0.05) is 36.8 Å². The van der Waals surface area contributed by atoms with Gasteiger partial charge in [-0.25, -0.2) is 9.97 Å². The normalized spacial score (nSPS) is 15.8. The second kappa shape index (κ2) is 9.51. The Hall–Kier alpha value is -3.93. The van der Waals surface area contributed by atoms with Crippen molar-refractivity contribution in [3.05, 3.63) is 95.8 Å². The smallest absolute Gasteiger partial charge is 0.290 e. The SMILES string of the molecule is Cc1cccc(-c2cnc(C)nc2C2CCCN(C(=O)c3ccc(Oc4ccccc4)o3)C2)c1. The van der Waals surface area contributed by atoms with Crippen molar-refractivity contribution in [2.75, 3.05) is 13.1 Å². The first-order valence-electron chi connectivity index (χ1n) is 11.6. The molecule has 6 heteroatoms. The Morgan fingerprint density at radius 2 is 1.91 bits per heavy atom. The number of ether oxygens (including phenoxy) is 1. The van der Waals surface area contributed by atoms with E-state index in [4.69, 9.17) is 14.1 Å². The van der Waals surface area contributed by atoms with E-state index in [1.807, 2.05) is 48.4 Å². The van der Waals surface area contributed by atoms with E-state index in [-0.39, 0.29) is 17.6 Å². The number of hydrogen-bond donors (Lipinski definition) is 0. The van der Waals surface area contributed by atoms with Crippen molar-refractivity contribution in [1.82, 2.24) is 14.9 Å². The van der Waals surface area contributed by atoms with Crippen LogP contribution in [-0.2, 0) is 0 Å². The van der Waals surface area contributed by atoms with Gasteiger partial charge in [-0.2, -0.15) is 0 Å². The number of likely N-dealkylation sites (tertiary alicyclic amines) is 1. The molecular formula is C28H27N3O3. The summed E-state index contributed by atoms with van der Waals surface area (Å²) in [5.41, 5.74) is 4.33. The summed E-state index contributed by atoms with van der Waals surface area (Å²) >= 11 is 0. The first kappa shape index (κ1) is 21.9. The van der Waals surface area contributed by atoms with Gasteiger partial charge in [0.05, 0.1) is 5.69 Å². The van der Waals surface area contributed by atoms with Gasteiger partial charge in [-0.3, -0.25) is 4.79 Å². The van der Waals surface area contributed by atoms with E-state index >= 15 is 0 Å². The molecule has 1 fully saturated rings. The van der Waals surface area contributed by atoms with E-state index in [2.05, 4.69) is 36.2 Å². The molecule has 1 atom stereocenters. The zero-order valence-electron chi connectivity index (χ0n) is 19.4. The Labute approximate surface area is 199 Å². The number of aromatic nitrogens is 2. The second-order valence-electron chi connectivity index (χ2n) is 8.71. The van der Waals surface area contributed by atoms with Crippen LogP contribution in [-0.4, -0.2) is 33.9 Å². The zero-order valence-corrected chi connectivity index (χ0v) is 19.4. The van der Waals surface area contributed by atoms with Crippen LogP contribution < -0.4 is 4.74 Å². The van der Waals surface area contributed by atoms with Crippen LogP contribution in [0.3, 0.4) is 0 Å². The van der Waals surface area contributed by atoms with E-state index in [0.717, 1.165) is 35.5 Å². The van der Waals surface area contributed by atoms with Crippen molar-refractivity contribution >= 4 is 5.91 Å². The van der Waals surface area contributed by atoms with E-state index < -0.39 is 0 Å². The third-order valence-corrected chi connectivity index (χ3v) is 6.12. The Morgan fingerprint density at radius 3 is 2.74 bits per heavy atom. The van der Waals surface area contributed by atoms with Gasteiger partial charge < -0.3 is 14.1 Å². The van der Waals surface area contributed by atoms with Gasteiger partial charge in [-0.15, -0.1) is 0 Å². The molecule has 34 heavy (non-hydrogen) atoms. The number of para-hydroxylation sites is 1. The molecular weight excluding hydrogens is 426 g/mol. The predicted molar refractivity (Wildman–Crippen MR) is 130 cm³/mol. The standard InChI is InChI=1S/C28H27N3O3/c1-19-8-6-9-21(16-19)24-17-29-20(2)30-27(24)22-10-7-15-31(18-22)28(32)25-13-14-26(34-25)33-23-11-4-3-5-12-23/h3-6,8-9,11-14,16-17,22H,7,10,15,18H2,1-2H3. The van der Waals surface area contributed by atoms with Gasteiger partial charge in [-0.1, -0.05) is 48.0 Å². The minimum absolute atomic E-state index is 0.129. The van der Waals surface area contributed by atoms with Gasteiger partial charge in [0.1, 0.15) is 11.6 Å². The van der Waals surface area contributed by atoms with Crippen molar-refractivity contribution in [2.24, 2.45) is 0 Å². The van der Waals surface area contributed by atoms with Crippen molar-refractivity contribution in [1.29, 1.82) is 0 Å². The fraction of sp³-hybridized carbons (Fsp3) is 0.250. The van der Waals surface area contributed by atoms with Gasteiger partial charge in [0.25, 0.3) is 11.9 Å². The second-order valence-corrected chi connectivity index (χ2v) is 8.71. The fourth-order valence-corrected chi connectivity index (χ4v) is 4.47. The van der Waals surface area contributed by atoms with Crippen LogP contribution in [0.1, 0.15) is 46.4 Å². The monoisotopic (exact) mass is 453 g/mol. The summed E-state index contributed by atoms with van der Waals surface area (Å²) in [7, 11) is 0. The highest BCUT2D eigenvalue weighted by molar-refractivity contribution is 5.91. The quantitative estimate of drug-likeness (QED) is 0.362. The minimum Gasteiger partial charge on any atom is -0.426 e. The van der Waals surface area contributed by atoms with E-state index in [9.17, 15) is 4.79 Å². The summed E-state index contributed by atoms with van der Waals surface area (Å²) < 4.78 is 11.4. The summed E-state index contributed by atoms with van der Waals surface area (Å²) in [5, 5.41) is 0. The minimum atomic E-state index is -0.129. The van der Waals surface area contributed by atoms with Crippen molar-refractivity contribution in [2.45, 2.75) is 32.6 Å². The highest BCUT2D eigenvalue weighted by atomic mass is 16.6. The lowest BCUT2D eigenvalue weighted by Crippen LogP contribution is -2.39. The average Bonchev–Trinajstić information content (AvgIpc) is 3.32. The van der Waals surface area contributed by atoms with Crippen molar-refractivity contribution in [3.63, 3.8) is 0 Å². The van der Waals surface area contributed by atoms with E-state index in [1.165, 1.54) is 5.56 Å². The number of amides is 1. The molecule has 172 valence electrons. The van der Waals surface area contributed by atoms with Crippen LogP contribution in [0.15, 0.2) is 77.3 Å². The zero-order chi connectivity index (χ0) is 23.5. The van der Waals surface area contributed by atoms with Gasteiger partial charge in [0.2, 0.25) is 0 Å². The first-order chi connectivity index (χ1) is 16.6. The Morgan fingerprint density at radius 1 is 1.06 bits per heavy atom. The molecule has 2 aromatic carbocycles. The van der Waals surface area contributed by atoms with Crippen LogP contribution in [0, 0.1) is 13.8 Å². The number of furan rings is 1. The molecule has 0 spiro atoms. The summed E-state index contributed by atoms with van der Waals surface area (Å²) in [6, 6.07) is 21.1. The molecule has 0 aliphatic carbocycles. The molecule has 3 heterocycles. The molecule has 1 aliphatic rings. The number of hydrogen-bond acceptors (Lipinski definition) is 5. The van der Waals surface area contributed by atoms with Crippen LogP contribution in [0.25, 0.3) is 11.1 Å². The Balaban J connectivity index is 1.36. The number of piperidine rings is 1. The molecule has 6 nitrogen and oxygen atoms in total. The maximum atomic E-state index is 13.3. The summed E-state index contributed by atoms with van der Waals surface area (Å²) in [4.78, 5) is 24.4. The third kappa shape index (κ3) is 4.71. The molecule has 1 amide bonds. The maximum absolute atomic E-state index is 13.3. The maximum Gasteiger partial charge on any atom is 0.290 e. The summed E-state index contributed by atoms with van der Waals surface area (Å²) in [6.45, 7) is 5.27. The number of rotatable bonds is 5. The topological polar surface area (TPSA) is 68.5 Å². The lowest BCUT2D eigenvalue weighted by Gasteiger charge is -2.32.